The fourth-order valence-electron chi connectivity index (χ4n) is 8.69. The summed E-state index contributed by atoms with van der Waals surface area (Å²) in [7, 11) is 0. The van der Waals surface area contributed by atoms with Gasteiger partial charge in [0.2, 0.25) is 0 Å². The van der Waals surface area contributed by atoms with Gasteiger partial charge in [0.05, 0.1) is 44.8 Å². The molecule has 0 spiro atoms. The molecule has 0 aliphatic carbocycles. The number of imidazole rings is 2. The molecule has 6 heteroatoms. The van der Waals surface area contributed by atoms with Crippen molar-refractivity contribution in [3.8, 4) is 67.3 Å². The zero-order valence-corrected chi connectivity index (χ0v) is 33.5. The van der Waals surface area contributed by atoms with Crippen molar-refractivity contribution in [1.29, 1.82) is 0 Å². The first-order chi connectivity index (χ1) is 30.6. The Morgan fingerprint density at radius 1 is 0.210 bits per heavy atom. The largest absolute Gasteiger partial charge is 0.338 e. The summed E-state index contributed by atoms with van der Waals surface area (Å²) in [5.74, 6) is 0. The molecular weight excluding hydrogens is 761 g/mol. The van der Waals surface area contributed by atoms with E-state index in [1.807, 2.05) is 133 Å². The number of hydrogen-bond donors (Lipinski definition) is 0. The van der Waals surface area contributed by atoms with E-state index in [0.29, 0.717) is 0 Å². The molecule has 0 N–H and O–H groups in total. The maximum absolute atomic E-state index is 14.4. The molecule has 294 valence electrons. The monoisotopic (exact) mass is 798 g/mol. The lowest BCUT2D eigenvalue weighted by Crippen LogP contribution is -2.22. The van der Waals surface area contributed by atoms with E-state index in [-0.39, 0.29) is 11.4 Å². The minimum Gasteiger partial charge on any atom is -0.260 e. The summed E-state index contributed by atoms with van der Waals surface area (Å²) in [5, 5.41) is 0. The molecule has 0 aliphatic heterocycles. The number of fused-ring (bicyclic) bond motifs is 2. The maximum Gasteiger partial charge on any atom is 0.338 e. The number of benzene rings is 9. The zero-order valence-electron chi connectivity index (χ0n) is 33.5. The van der Waals surface area contributed by atoms with Crippen molar-refractivity contribution >= 4 is 22.1 Å². The minimum atomic E-state index is -0.137. The lowest BCUT2D eigenvalue weighted by atomic mass is 9.98. The van der Waals surface area contributed by atoms with Gasteiger partial charge in [-0.15, -0.1) is 0 Å². The van der Waals surface area contributed by atoms with E-state index in [1.54, 1.807) is 18.3 Å². The summed E-state index contributed by atoms with van der Waals surface area (Å²) in [4.78, 5) is 28.9. The van der Waals surface area contributed by atoms with Crippen LogP contribution in [-0.4, -0.2) is 18.3 Å². The summed E-state index contributed by atoms with van der Waals surface area (Å²) in [6.45, 7) is 0. The van der Waals surface area contributed by atoms with Gasteiger partial charge in [0.25, 0.3) is 0 Å². The van der Waals surface area contributed by atoms with Crippen LogP contribution in [0.4, 0.5) is 0 Å². The Bertz CT molecular complexity index is 3310. The molecule has 2 heterocycles. The van der Waals surface area contributed by atoms with E-state index in [2.05, 4.69) is 97.1 Å². The Morgan fingerprint density at radius 3 is 0.855 bits per heavy atom. The SMILES string of the molecule is O=c1n(-c2ccc(-c3ccccc3)cc2)c2ccccc2n1-c1cccc(-c2cccc(-c3cccc(-n4c(=O)n(-c5ccc(-c6ccccc6)cc5)c5ccccc54)c3)c2)c1. The van der Waals surface area contributed by atoms with Crippen molar-refractivity contribution in [2.75, 3.05) is 0 Å². The Morgan fingerprint density at radius 2 is 0.484 bits per heavy atom. The van der Waals surface area contributed by atoms with E-state index in [1.165, 1.54) is 0 Å². The summed E-state index contributed by atoms with van der Waals surface area (Å²) in [5.41, 5.74) is 14.6. The predicted molar refractivity (Wildman–Crippen MR) is 253 cm³/mol. The standard InChI is InChI=1S/C56H38N4O2/c61-55-57(47-32-28-41(29-33-47)39-14-3-1-4-15-39)51-24-7-9-26-53(51)59(55)49-22-12-20-45(37-49)43-18-11-19-44(36-43)46-21-13-23-50(38-46)60-54-27-10-8-25-52(54)58(56(60)62)48-34-30-42(31-35-48)40-16-5-2-6-17-40/h1-38H. The highest BCUT2D eigenvalue weighted by molar-refractivity contribution is 5.83. The fraction of sp³-hybridized carbons (Fsp3) is 0. The van der Waals surface area contributed by atoms with E-state index in [0.717, 1.165) is 89.3 Å². The van der Waals surface area contributed by atoms with Crippen LogP contribution in [0.2, 0.25) is 0 Å². The number of nitrogens with zero attached hydrogens (tertiary/aromatic N) is 4. The zero-order chi connectivity index (χ0) is 41.6. The lowest BCUT2D eigenvalue weighted by molar-refractivity contribution is 0.931. The fourth-order valence-corrected chi connectivity index (χ4v) is 8.69. The molecular formula is C56H38N4O2. The highest BCUT2D eigenvalue weighted by Gasteiger charge is 2.19. The number of hydrogen-bond acceptors (Lipinski definition) is 2. The van der Waals surface area contributed by atoms with Crippen LogP contribution >= 0.6 is 0 Å². The van der Waals surface area contributed by atoms with Crippen LogP contribution in [0.1, 0.15) is 0 Å². The number of aromatic nitrogens is 4. The van der Waals surface area contributed by atoms with E-state index in [4.69, 9.17) is 0 Å². The molecule has 6 nitrogen and oxygen atoms in total. The van der Waals surface area contributed by atoms with E-state index in [9.17, 15) is 9.59 Å². The minimum absolute atomic E-state index is 0.137. The summed E-state index contributed by atoms with van der Waals surface area (Å²) < 4.78 is 7.16. The van der Waals surface area contributed by atoms with Crippen LogP contribution in [-0.2, 0) is 0 Å². The molecule has 0 unspecified atom stereocenters. The van der Waals surface area contributed by atoms with Crippen molar-refractivity contribution in [1.82, 2.24) is 18.3 Å². The second-order valence-corrected chi connectivity index (χ2v) is 15.4. The Labute approximate surface area is 357 Å². The molecule has 0 aliphatic rings. The predicted octanol–water partition coefficient (Wildman–Crippen LogP) is 12.5. The van der Waals surface area contributed by atoms with Crippen LogP contribution in [0.3, 0.4) is 0 Å². The summed E-state index contributed by atoms with van der Waals surface area (Å²) in [6, 6.07) is 77.3. The van der Waals surface area contributed by atoms with Gasteiger partial charge in [-0.05, 0) is 123 Å². The third kappa shape index (κ3) is 6.38. The Kier molecular flexibility index (Phi) is 9.02. The topological polar surface area (TPSA) is 53.9 Å². The lowest BCUT2D eigenvalue weighted by Gasteiger charge is -2.11. The van der Waals surface area contributed by atoms with Gasteiger partial charge in [0.1, 0.15) is 0 Å². The molecule has 11 rings (SSSR count). The Balaban J connectivity index is 0.939. The van der Waals surface area contributed by atoms with Gasteiger partial charge in [-0.25, -0.2) is 9.59 Å². The molecule has 9 aromatic carbocycles. The number of rotatable bonds is 8. The average Bonchev–Trinajstić information content (AvgIpc) is 3.81. The molecule has 0 saturated carbocycles. The quantitative estimate of drug-likeness (QED) is 0.154. The van der Waals surface area contributed by atoms with Gasteiger partial charge in [0, 0.05) is 0 Å². The molecule has 0 fully saturated rings. The van der Waals surface area contributed by atoms with Gasteiger partial charge < -0.3 is 0 Å². The van der Waals surface area contributed by atoms with Gasteiger partial charge in [0.15, 0.2) is 0 Å². The average molecular weight is 799 g/mol. The highest BCUT2D eigenvalue weighted by atomic mass is 16.2. The van der Waals surface area contributed by atoms with Crippen molar-refractivity contribution in [2.45, 2.75) is 0 Å². The second kappa shape index (κ2) is 15.3. The van der Waals surface area contributed by atoms with E-state index < -0.39 is 0 Å². The first-order valence-electron chi connectivity index (χ1n) is 20.7. The highest BCUT2D eigenvalue weighted by Crippen LogP contribution is 2.32. The molecule has 0 radical (unpaired) electrons. The van der Waals surface area contributed by atoms with Crippen molar-refractivity contribution in [3.05, 3.63) is 251 Å². The van der Waals surface area contributed by atoms with Gasteiger partial charge in [-0.1, -0.05) is 152 Å². The van der Waals surface area contributed by atoms with Crippen molar-refractivity contribution < 1.29 is 0 Å². The second-order valence-electron chi connectivity index (χ2n) is 15.4. The van der Waals surface area contributed by atoms with Crippen LogP contribution in [0.15, 0.2) is 240 Å². The Hall–Kier alpha value is -8.48. The van der Waals surface area contributed by atoms with E-state index >= 15 is 0 Å². The summed E-state index contributed by atoms with van der Waals surface area (Å²) >= 11 is 0. The van der Waals surface area contributed by atoms with Gasteiger partial charge in [-0.3, -0.25) is 18.3 Å². The molecule has 0 amide bonds. The van der Waals surface area contributed by atoms with Crippen LogP contribution in [0, 0.1) is 0 Å². The van der Waals surface area contributed by atoms with Crippen molar-refractivity contribution in [3.63, 3.8) is 0 Å². The molecule has 0 bridgehead atoms. The van der Waals surface area contributed by atoms with Crippen molar-refractivity contribution in [2.24, 2.45) is 0 Å². The number of para-hydroxylation sites is 4. The van der Waals surface area contributed by atoms with Crippen LogP contribution in [0.25, 0.3) is 89.3 Å². The third-order valence-electron chi connectivity index (χ3n) is 11.7. The van der Waals surface area contributed by atoms with Crippen LogP contribution < -0.4 is 11.4 Å². The first kappa shape index (κ1) is 36.6. The molecule has 11 aromatic rings. The molecule has 0 atom stereocenters. The normalized spacial score (nSPS) is 11.4. The third-order valence-corrected chi connectivity index (χ3v) is 11.7. The molecule has 62 heavy (non-hydrogen) atoms. The smallest absolute Gasteiger partial charge is 0.260 e. The maximum atomic E-state index is 14.4. The van der Waals surface area contributed by atoms with Gasteiger partial charge in [-0.2, -0.15) is 0 Å². The van der Waals surface area contributed by atoms with Gasteiger partial charge >= 0.3 is 11.4 Å². The first-order valence-corrected chi connectivity index (χ1v) is 20.7. The molecule has 2 aromatic heterocycles. The summed E-state index contributed by atoms with van der Waals surface area (Å²) in [6.07, 6.45) is 0. The molecule has 0 saturated heterocycles. The van der Waals surface area contributed by atoms with Crippen LogP contribution in [0.5, 0.6) is 0 Å².